The van der Waals surface area contributed by atoms with Crippen LogP contribution in [0, 0.1) is 19.3 Å². The molecule has 2 aromatic rings. The molecule has 0 aliphatic heterocycles. The smallest absolute Gasteiger partial charge is 0.336 e. The van der Waals surface area contributed by atoms with E-state index in [2.05, 4.69) is 0 Å². The second-order valence-corrected chi connectivity index (χ2v) is 8.53. The molecular weight excluding hydrogens is 408 g/mol. The maximum Gasteiger partial charge on any atom is 0.336 e. The Kier molecular flexibility index (Phi) is 8.47. The summed E-state index contributed by atoms with van der Waals surface area (Å²) >= 11 is 0. The number of phenols is 1. The SMILES string of the molecule is CCC(C)(C)CC(=O)c1ccc(OC/C=C/COc2cccc(C(=O)O)c2C)c(C)c1O. The Morgan fingerprint density at radius 3 is 2.09 bits per heavy atom. The molecule has 0 aromatic heterocycles. The highest BCUT2D eigenvalue weighted by molar-refractivity contribution is 5.99. The third-order valence-electron chi connectivity index (χ3n) is 5.63. The van der Waals surface area contributed by atoms with E-state index in [1.165, 1.54) is 6.07 Å². The Morgan fingerprint density at radius 1 is 0.938 bits per heavy atom. The molecule has 0 aliphatic rings. The molecule has 0 unspecified atom stereocenters. The zero-order chi connectivity index (χ0) is 23.9. The van der Waals surface area contributed by atoms with Crippen molar-refractivity contribution < 1.29 is 29.3 Å². The Hall–Kier alpha value is -3.28. The predicted molar refractivity (Wildman–Crippen MR) is 124 cm³/mol. The standard InChI is InChI=1S/C26H32O6/c1-6-26(4,5)16-21(27)20-12-13-23(18(3)24(20)28)32-15-8-7-14-31-22-11-9-10-19(17(22)2)25(29)30/h7-13,28H,6,14-16H2,1-5H3,(H,29,30)/b8-7+. The average molecular weight is 441 g/mol. The molecule has 0 saturated carbocycles. The topological polar surface area (TPSA) is 93.1 Å². The van der Waals surface area contributed by atoms with Crippen LogP contribution in [0.3, 0.4) is 0 Å². The van der Waals surface area contributed by atoms with E-state index in [9.17, 15) is 14.7 Å². The lowest BCUT2D eigenvalue weighted by molar-refractivity contribution is 0.0695. The number of rotatable bonds is 11. The summed E-state index contributed by atoms with van der Waals surface area (Å²) in [6.07, 6.45) is 4.79. The van der Waals surface area contributed by atoms with Gasteiger partial charge in [-0.25, -0.2) is 4.79 Å². The van der Waals surface area contributed by atoms with Gasteiger partial charge in [0.2, 0.25) is 0 Å². The van der Waals surface area contributed by atoms with Crippen LogP contribution in [-0.4, -0.2) is 35.2 Å². The first-order chi connectivity index (χ1) is 15.1. The maximum absolute atomic E-state index is 12.6. The van der Waals surface area contributed by atoms with E-state index >= 15 is 0 Å². The fourth-order valence-electron chi connectivity index (χ4n) is 3.13. The molecule has 0 atom stereocenters. The number of carboxylic acid groups (broad SMARTS) is 1. The van der Waals surface area contributed by atoms with E-state index in [4.69, 9.17) is 14.6 Å². The van der Waals surface area contributed by atoms with Crippen molar-refractivity contribution in [2.75, 3.05) is 13.2 Å². The summed E-state index contributed by atoms with van der Waals surface area (Å²) in [6, 6.07) is 8.22. The van der Waals surface area contributed by atoms with Gasteiger partial charge in [-0.3, -0.25) is 4.79 Å². The second kappa shape index (κ2) is 10.8. The first-order valence-electron chi connectivity index (χ1n) is 10.7. The number of ether oxygens (including phenoxy) is 2. The molecule has 0 spiro atoms. The third-order valence-corrected chi connectivity index (χ3v) is 5.63. The second-order valence-electron chi connectivity index (χ2n) is 8.53. The molecule has 2 N–H and O–H groups in total. The summed E-state index contributed by atoms with van der Waals surface area (Å²) in [6.45, 7) is 10.1. The summed E-state index contributed by atoms with van der Waals surface area (Å²) in [4.78, 5) is 23.8. The van der Waals surface area contributed by atoms with Gasteiger partial charge in [-0.2, -0.15) is 0 Å². The fraction of sp³-hybridized carbons (Fsp3) is 0.385. The molecule has 0 bridgehead atoms. The van der Waals surface area contributed by atoms with Crippen LogP contribution in [0.25, 0.3) is 0 Å². The number of carbonyl (C=O) groups excluding carboxylic acids is 1. The Labute approximate surface area is 189 Å². The van der Waals surface area contributed by atoms with Crippen LogP contribution in [0.5, 0.6) is 17.2 Å². The number of phenolic OH excluding ortho intramolecular Hbond substituents is 1. The van der Waals surface area contributed by atoms with Crippen LogP contribution in [0.2, 0.25) is 0 Å². The van der Waals surface area contributed by atoms with Gasteiger partial charge in [0.25, 0.3) is 0 Å². The van der Waals surface area contributed by atoms with Crippen molar-refractivity contribution in [1.82, 2.24) is 0 Å². The van der Waals surface area contributed by atoms with Crippen LogP contribution in [0.1, 0.15) is 65.5 Å². The van der Waals surface area contributed by atoms with Crippen molar-refractivity contribution in [3.05, 3.63) is 64.7 Å². The molecule has 6 nitrogen and oxygen atoms in total. The molecule has 0 amide bonds. The van der Waals surface area contributed by atoms with Gasteiger partial charge < -0.3 is 19.7 Å². The van der Waals surface area contributed by atoms with Crippen molar-refractivity contribution in [1.29, 1.82) is 0 Å². The quantitative estimate of drug-likeness (QED) is 0.342. The zero-order valence-electron chi connectivity index (χ0n) is 19.4. The highest BCUT2D eigenvalue weighted by Crippen LogP contribution is 2.34. The van der Waals surface area contributed by atoms with E-state index in [0.29, 0.717) is 34.6 Å². The Balaban J connectivity index is 1.93. The largest absolute Gasteiger partial charge is 0.507 e. The summed E-state index contributed by atoms with van der Waals surface area (Å²) in [5.74, 6) is -0.0896. The summed E-state index contributed by atoms with van der Waals surface area (Å²) in [5, 5.41) is 19.7. The molecule has 172 valence electrons. The minimum atomic E-state index is -0.989. The van der Waals surface area contributed by atoms with Crippen LogP contribution >= 0.6 is 0 Å². The minimum absolute atomic E-state index is 0.0412. The number of hydrogen-bond donors (Lipinski definition) is 2. The summed E-state index contributed by atoms with van der Waals surface area (Å²) in [7, 11) is 0. The Morgan fingerprint density at radius 2 is 1.53 bits per heavy atom. The van der Waals surface area contributed by atoms with Gasteiger partial charge in [0.15, 0.2) is 5.78 Å². The van der Waals surface area contributed by atoms with Crippen LogP contribution in [0.4, 0.5) is 0 Å². The first kappa shape index (κ1) is 25.0. The van der Waals surface area contributed by atoms with Crippen molar-refractivity contribution in [2.45, 2.75) is 47.5 Å². The van der Waals surface area contributed by atoms with E-state index in [1.807, 2.05) is 20.8 Å². The number of aromatic hydroxyl groups is 1. The number of Topliss-reactive ketones (excluding diaryl/α,β-unsaturated/α-hetero) is 1. The number of benzene rings is 2. The minimum Gasteiger partial charge on any atom is -0.507 e. The van der Waals surface area contributed by atoms with Gasteiger partial charge in [-0.05, 0) is 55.7 Å². The molecular formula is C26H32O6. The molecule has 0 radical (unpaired) electrons. The van der Waals surface area contributed by atoms with Crippen molar-refractivity contribution in [3.63, 3.8) is 0 Å². The number of aromatic carboxylic acids is 1. The van der Waals surface area contributed by atoms with Gasteiger partial charge in [0, 0.05) is 17.5 Å². The fourth-order valence-corrected chi connectivity index (χ4v) is 3.13. The van der Waals surface area contributed by atoms with Gasteiger partial charge in [-0.15, -0.1) is 0 Å². The van der Waals surface area contributed by atoms with E-state index in [0.717, 1.165) is 6.42 Å². The molecule has 0 aliphatic carbocycles. The Bertz CT molecular complexity index is 1000. The number of carboxylic acids is 1. The van der Waals surface area contributed by atoms with E-state index in [-0.39, 0.29) is 35.7 Å². The van der Waals surface area contributed by atoms with Gasteiger partial charge >= 0.3 is 5.97 Å². The molecule has 32 heavy (non-hydrogen) atoms. The summed E-state index contributed by atoms with van der Waals surface area (Å²) < 4.78 is 11.3. The lowest BCUT2D eigenvalue weighted by atomic mass is 9.83. The van der Waals surface area contributed by atoms with Gasteiger partial charge in [0.05, 0.1) is 11.1 Å². The molecule has 2 rings (SSSR count). The van der Waals surface area contributed by atoms with Gasteiger partial charge in [0.1, 0.15) is 30.5 Å². The maximum atomic E-state index is 12.6. The zero-order valence-corrected chi connectivity index (χ0v) is 19.4. The highest BCUT2D eigenvalue weighted by Gasteiger charge is 2.23. The van der Waals surface area contributed by atoms with Crippen molar-refractivity contribution in [3.8, 4) is 17.2 Å². The van der Waals surface area contributed by atoms with Crippen molar-refractivity contribution >= 4 is 11.8 Å². The van der Waals surface area contributed by atoms with Crippen LogP contribution in [0.15, 0.2) is 42.5 Å². The number of hydrogen-bond acceptors (Lipinski definition) is 5. The lowest BCUT2D eigenvalue weighted by Gasteiger charge is -2.22. The predicted octanol–water partition coefficient (Wildman–Crippen LogP) is 5.73. The molecule has 0 heterocycles. The van der Waals surface area contributed by atoms with E-state index < -0.39 is 5.97 Å². The van der Waals surface area contributed by atoms with Crippen LogP contribution in [-0.2, 0) is 0 Å². The molecule has 2 aromatic carbocycles. The molecule has 0 fully saturated rings. The highest BCUT2D eigenvalue weighted by atomic mass is 16.5. The first-order valence-corrected chi connectivity index (χ1v) is 10.7. The average Bonchev–Trinajstić information content (AvgIpc) is 2.73. The number of carbonyl (C=O) groups is 2. The normalized spacial score (nSPS) is 11.5. The van der Waals surface area contributed by atoms with Crippen LogP contribution < -0.4 is 9.47 Å². The molecule has 0 saturated heterocycles. The monoisotopic (exact) mass is 440 g/mol. The molecule has 6 heteroatoms. The lowest BCUT2D eigenvalue weighted by Crippen LogP contribution is -2.16. The summed E-state index contributed by atoms with van der Waals surface area (Å²) in [5.41, 5.74) is 1.51. The third kappa shape index (κ3) is 6.36. The van der Waals surface area contributed by atoms with E-state index in [1.54, 1.807) is 50.3 Å². The van der Waals surface area contributed by atoms with Gasteiger partial charge in [-0.1, -0.05) is 33.3 Å². The number of ketones is 1. The van der Waals surface area contributed by atoms with Crippen molar-refractivity contribution in [2.24, 2.45) is 5.41 Å².